The molecule has 1 aromatic heterocycles. The van der Waals surface area contributed by atoms with Gasteiger partial charge in [0.05, 0.1) is 6.61 Å². The number of likely N-dealkylation sites (tertiary alicyclic amines) is 1. The van der Waals surface area contributed by atoms with E-state index < -0.39 is 0 Å². The maximum Gasteiger partial charge on any atom is 0.251 e. The van der Waals surface area contributed by atoms with Gasteiger partial charge in [0.1, 0.15) is 17.7 Å². The predicted molar refractivity (Wildman–Crippen MR) is 82.7 cm³/mol. The molecule has 2 fully saturated rings. The van der Waals surface area contributed by atoms with Crippen molar-refractivity contribution in [2.45, 2.75) is 31.8 Å². The van der Waals surface area contributed by atoms with Crippen LogP contribution in [0.15, 0.2) is 18.3 Å². The summed E-state index contributed by atoms with van der Waals surface area (Å²) in [5.41, 5.74) is 0.457. The fourth-order valence-electron chi connectivity index (χ4n) is 3.08. The van der Waals surface area contributed by atoms with E-state index in [0.29, 0.717) is 30.6 Å². The molecule has 6 heteroatoms. The van der Waals surface area contributed by atoms with E-state index >= 15 is 0 Å². The molecule has 6 nitrogen and oxygen atoms in total. The number of carbonyl (C=O) groups is 1. The number of nitriles is 1. The zero-order valence-corrected chi connectivity index (χ0v) is 13.1. The van der Waals surface area contributed by atoms with Crippen molar-refractivity contribution in [3.05, 3.63) is 23.9 Å². The number of hydrogen-bond donors (Lipinski definition) is 0. The minimum atomic E-state index is -0.227. The molecule has 0 bridgehead atoms. The molecule has 0 aliphatic carbocycles. The van der Waals surface area contributed by atoms with Gasteiger partial charge in [-0.3, -0.25) is 4.79 Å². The van der Waals surface area contributed by atoms with Gasteiger partial charge < -0.3 is 14.4 Å². The van der Waals surface area contributed by atoms with Crippen LogP contribution in [0.1, 0.15) is 31.2 Å². The number of nitrogens with zero attached hydrogens (tertiary/aromatic N) is 3. The monoisotopic (exact) mass is 315 g/mol. The van der Waals surface area contributed by atoms with Gasteiger partial charge in [-0.2, -0.15) is 5.26 Å². The maximum atomic E-state index is 12.3. The molecular weight excluding hydrogens is 294 g/mol. The van der Waals surface area contributed by atoms with Crippen molar-refractivity contribution in [3.63, 3.8) is 0 Å². The lowest BCUT2D eigenvalue weighted by Gasteiger charge is -2.33. The van der Waals surface area contributed by atoms with Crippen molar-refractivity contribution in [2.24, 2.45) is 5.92 Å². The number of carbonyl (C=O) groups excluding carboxylic acids is 1. The number of pyridine rings is 1. The molecule has 0 aromatic carbocycles. The van der Waals surface area contributed by atoms with Gasteiger partial charge in [0, 0.05) is 25.9 Å². The first-order chi connectivity index (χ1) is 11.3. The number of aromatic nitrogens is 1. The summed E-state index contributed by atoms with van der Waals surface area (Å²) < 4.78 is 11.2. The first kappa shape index (κ1) is 15.8. The van der Waals surface area contributed by atoms with Gasteiger partial charge in [0.2, 0.25) is 5.88 Å². The van der Waals surface area contributed by atoms with Gasteiger partial charge in [-0.15, -0.1) is 0 Å². The number of ether oxygens (including phenoxy) is 2. The van der Waals surface area contributed by atoms with Crippen molar-refractivity contribution >= 4 is 5.91 Å². The van der Waals surface area contributed by atoms with Crippen LogP contribution in [0.5, 0.6) is 5.88 Å². The van der Waals surface area contributed by atoms with Crippen molar-refractivity contribution in [1.29, 1.82) is 5.26 Å². The van der Waals surface area contributed by atoms with E-state index in [1.165, 1.54) is 0 Å². The van der Waals surface area contributed by atoms with Gasteiger partial charge in [-0.05, 0) is 43.7 Å². The molecule has 2 aliphatic heterocycles. The summed E-state index contributed by atoms with van der Waals surface area (Å²) in [5.74, 6) is 0.920. The molecule has 1 aromatic rings. The highest BCUT2D eigenvalue weighted by Gasteiger charge is 2.31. The molecule has 23 heavy (non-hydrogen) atoms. The lowest BCUT2D eigenvalue weighted by atomic mass is 9.97. The Balaban J connectivity index is 1.46. The molecular formula is C17H21N3O3. The summed E-state index contributed by atoms with van der Waals surface area (Å²) >= 11 is 0. The normalized spacial score (nSPS) is 21.9. The van der Waals surface area contributed by atoms with Gasteiger partial charge in [-0.25, -0.2) is 4.98 Å². The Kier molecular flexibility index (Phi) is 5.09. The number of piperidine rings is 1. The molecule has 2 saturated heterocycles. The van der Waals surface area contributed by atoms with Crippen LogP contribution in [0.25, 0.3) is 0 Å². The molecule has 0 N–H and O–H groups in total. The van der Waals surface area contributed by atoms with Gasteiger partial charge in [0.25, 0.3) is 5.91 Å². The maximum absolute atomic E-state index is 12.3. The molecule has 3 rings (SSSR count). The minimum Gasteiger partial charge on any atom is -0.476 e. The Morgan fingerprint density at radius 1 is 1.43 bits per heavy atom. The smallest absolute Gasteiger partial charge is 0.251 e. The summed E-state index contributed by atoms with van der Waals surface area (Å²) in [6, 6.07) is 5.50. The first-order valence-electron chi connectivity index (χ1n) is 8.16. The lowest BCUT2D eigenvalue weighted by molar-refractivity contribution is -0.142. The zero-order chi connectivity index (χ0) is 16.1. The second-order valence-electron chi connectivity index (χ2n) is 6.05. The Hall–Kier alpha value is -2.13. The Bertz CT molecular complexity index is 585. The zero-order valence-electron chi connectivity index (χ0n) is 13.1. The third kappa shape index (κ3) is 3.80. The molecule has 1 amide bonds. The second kappa shape index (κ2) is 7.42. The van der Waals surface area contributed by atoms with Crippen molar-refractivity contribution in [1.82, 2.24) is 9.88 Å². The summed E-state index contributed by atoms with van der Waals surface area (Å²) in [6.45, 7) is 2.74. The fraction of sp³-hybridized carbons (Fsp3) is 0.588. The van der Waals surface area contributed by atoms with Crippen molar-refractivity contribution < 1.29 is 14.3 Å². The van der Waals surface area contributed by atoms with Crippen LogP contribution in [0.3, 0.4) is 0 Å². The summed E-state index contributed by atoms with van der Waals surface area (Å²) in [7, 11) is 0. The quantitative estimate of drug-likeness (QED) is 0.846. The predicted octanol–water partition coefficient (Wildman–Crippen LogP) is 1.75. The van der Waals surface area contributed by atoms with Crippen LogP contribution in [-0.4, -0.2) is 48.2 Å². The molecule has 122 valence electrons. The first-order valence-corrected chi connectivity index (χ1v) is 8.16. The van der Waals surface area contributed by atoms with E-state index in [0.717, 1.165) is 38.8 Å². The topological polar surface area (TPSA) is 75.5 Å². The summed E-state index contributed by atoms with van der Waals surface area (Å²) in [6.07, 6.45) is 5.04. The van der Waals surface area contributed by atoms with Gasteiger partial charge >= 0.3 is 0 Å². The molecule has 0 radical (unpaired) electrons. The largest absolute Gasteiger partial charge is 0.476 e. The Labute approximate surface area is 136 Å². The lowest BCUT2D eigenvalue weighted by Crippen LogP contribution is -2.44. The van der Waals surface area contributed by atoms with Crippen molar-refractivity contribution in [3.8, 4) is 11.9 Å². The average Bonchev–Trinajstić information content (AvgIpc) is 3.14. The number of hydrogen-bond acceptors (Lipinski definition) is 5. The van der Waals surface area contributed by atoms with E-state index in [4.69, 9.17) is 14.7 Å². The van der Waals surface area contributed by atoms with Crippen LogP contribution in [-0.2, 0) is 9.53 Å². The molecule has 1 unspecified atom stereocenters. The summed E-state index contributed by atoms with van der Waals surface area (Å²) in [4.78, 5) is 18.3. The van der Waals surface area contributed by atoms with Gasteiger partial charge in [-0.1, -0.05) is 0 Å². The van der Waals surface area contributed by atoms with E-state index in [-0.39, 0.29) is 12.0 Å². The molecule has 3 heterocycles. The molecule has 1 atom stereocenters. The summed E-state index contributed by atoms with van der Waals surface area (Å²) in [5, 5.41) is 9.03. The highest BCUT2D eigenvalue weighted by atomic mass is 16.5. The standard InChI is InChI=1S/C17H21N3O3/c18-11-14-3-1-7-19-16(14)23-12-13-5-8-20(9-6-13)17(21)15-4-2-10-22-15/h1,3,7,13,15H,2,4-6,8-10,12H2. The third-order valence-corrected chi connectivity index (χ3v) is 4.48. The van der Waals surface area contributed by atoms with Crippen LogP contribution in [0.2, 0.25) is 0 Å². The van der Waals surface area contributed by atoms with E-state index in [2.05, 4.69) is 11.1 Å². The van der Waals surface area contributed by atoms with Crippen molar-refractivity contribution in [2.75, 3.05) is 26.3 Å². The molecule has 0 saturated carbocycles. The fourth-order valence-corrected chi connectivity index (χ4v) is 3.08. The van der Waals surface area contributed by atoms with Crippen LogP contribution in [0, 0.1) is 17.2 Å². The second-order valence-corrected chi connectivity index (χ2v) is 6.05. The van der Waals surface area contributed by atoms with E-state index in [1.807, 2.05) is 4.90 Å². The third-order valence-electron chi connectivity index (χ3n) is 4.48. The van der Waals surface area contributed by atoms with Gasteiger partial charge in [0.15, 0.2) is 0 Å². The van der Waals surface area contributed by atoms with Crippen LogP contribution in [0.4, 0.5) is 0 Å². The Morgan fingerprint density at radius 2 is 2.26 bits per heavy atom. The highest BCUT2D eigenvalue weighted by molar-refractivity contribution is 5.81. The number of amides is 1. The Morgan fingerprint density at radius 3 is 2.96 bits per heavy atom. The number of rotatable bonds is 4. The van der Waals surface area contributed by atoms with E-state index in [9.17, 15) is 4.79 Å². The van der Waals surface area contributed by atoms with Crippen LogP contribution >= 0.6 is 0 Å². The van der Waals surface area contributed by atoms with E-state index in [1.54, 1.807) is 18.3 Å². The molecule has 2 aliphatic rings. The average molecular weight is 315 g/mol. The highest BCUT2D eigenvalue weighted by Crippen LogP contribution is 2.22. The molecule has 0 spiro atoms. The minimum absolute atomic E-state index is 0.137. The SMILES string of the molecule is N#Cc1cccnc1OCC1CCN(C(=O)C2CCCO2)CC1. The van der Waals surface area contributed by atoms with Crippen LogP contribution < -0.4 is 4.74 Å².